The number of anilines is 2. The van der Waals surface area contributed by atoms with E-state index in [1.54, 1.807) is 18.2 Å². The second kappa shape index (κ2) is 9.36. The van der Waals surface area contributed by atoms with E-state index in [0.717, 1.165) is 12.0 Å². The Morgan fingerprint density at radius 1 is 1.09 bits per heavy atom. The monoisotopic (exact) mass is 475 g/mol. The number of aryl methyl sites for hydroxylation is 1. The van der Waals surface area contributed by atoms with Gasteiger partial charge in [0.2, 0.25) is 17.7 Å². The number of piperidine rings is 1. The van der Waals surface area contributed by atoms with E-state index in [9.17, 15) is 14.4 Å². The summed E-state index contributed by atoms with van der Waals surface area (Å²) in [6.07, 6.45) is -0.746. The van der Waals surface area contributed by atoms with Crippen molar-refractivity contribution in [1.82, 2.24) is 16.0 Å². The number of halogens is 2. The van der Waals surface area contributed by atoms with Gasteiger partial charge in [-0.1, -0.05) is 48.3 Å². The molecule has 0 saturated carbocycles. The highest BCUT2D eigenvalue weighted by Crippen LogP contribution is 2.30. The molecule has 0 aliphatic carbocycles. The first-order valence-corrected chi connectivity index (χ1v) is 11.1. The summed E-state index contributed by atoms with van der Waals surface area (Å²) in [5, 5.41) is 15.5. The zero-order valence-electron chi connectivity index (χ0n) is 17.2. The molecular weight excluding hydrogens is 453 g/mol. The maximum absolute atomic E-state index is 13.1. The number of para-hydroxylation sites is 1. The third-order valence-electron chi connectivity index (χ3n) is 5.67. The van der Waals surface area contributed by atoms with Gasteiger partial charge in [-0.05, 0) is 36.2 Å². The molecule has 3 amide bonds. The number of amides is 3. The Kier molecular flexibility index (Phi) is 6.55. The van der Waals surface area contributed by atoms with Gasteiger partial charge in [-0.25, -0.2) is 0 Å². The zero-order chi connectivity index (χ0) is 22.8. The van der Waals surface area contributed by atoms with Crippen LogP contribution >= 0.6 is 23.2 Å². The third-order valence-corrected chi connectivity index (χ3v) is 6.22. The lowest BCUT2D eigenvalue weighted by Crippen LogP contribution is -2.72. The van der Waals surface area contributed by atoms with Crippen LogP contribution in [0.2, 0.25) is 10.0 Å². The minimum absolute atomic E-state index is 0.0719. The predicted octanol–water partition coefficient (Wildman–Crippen LogP) is 2.69. The molecule has 10 heteroatoms. The fourth-order valence-electron chi connectivity index (χ4n) is 4.09. The third kappa shape index (κ3) is 4.67. The molecule has 0 bridgehead atoms. The second-order valence-electron chi connectivity index (χ2n) is 7.76. The van der Waals surface area contributed by atoms with Crippen molar-refractivity contribution in [1.29, 1.82) is 0 Å². The lowest BCUT2D eigenvalue weighted by molar-refractivity contribution is -0.144. The Morgan fingerprint density at radius 2 is 1.88 bits per heavy atom. The topological polar surface area (TPSA) is 111 Å². The minimum atomic E-state index is -0.814. The van der Waals surface area contributed by atoms with Crippen LogP contribution in [-0.2, 0) is 20.8 Å². The van der Waals surface area contributed by atoms with E-state index in [2.05, 4.69) is 26.6 Å². The molecule has 2 fully saturated rings. The first kappa shape index (κ1) is 22.4. The number of hydrogen-bond acceptors (Lipinski definition) is 5. The van der Waals surface area contributed by atoms with Crippen molar-refractivity contribution in [2.24, 2.45) is 11.8 Å². The summed E-state index contributed by atoms with van der Waals surface area (Å²) >= 11 is 12.1. The van der Waals surface area contributed by atoms with E-state index in [1.807, 2.05) is 31.2 Å². The summed E-state index contributed by atoms with van der Waals surface area (Å²) in [6.45, 7) is 1.99. The summed E-state index contributed by atoms with van der Waals surface area (Å²) in [5.74, 6) is -2.59. The van der Waals surface area contributed by atoms with E-state index in [1.165, 1.54) is 0 Å². The van der Waals surface area contributed by atoms with Crippen LogP contribution in [0.1, 0.15) is 18.9 Å². The molecular formula is C22H23Cl2N5O3. The summed E-state index contributed by atoms with van der Waals surface area (Å²) in [5.41, 5.74) is 2.22. The fourth-order valence-corrected chi connectivity index (χ4v) is 4.55. The van der Waals surface area contributed by atoms with E-state index in [-0.39, 0.29) is 24.1 Å². The summed E-state index contributed by atoms with van der Waals surface area (Å²) < 4.78 is 0. The van der Waals surface area contributed by atoms with Crippen LogP contribution in [-0.4, -0.2) is 30.2 Å². The average molecular weight is 476 g/mol. The summed E-state index contributed by atoms with van der Waals surface area (Å²) in [4.78, 5) is 38.4. The predicted molar refractivity (Wildman–Crippen MR) is 123 cm³/mol. The lowest BCUT2D eigenvalue weighted by Gasteiger charge is -2.43. The van der Waals surface area contributed by atoms with Gasteiger partial charge in [-0.15, -0.1) is 0 Å². The molecule has 0 radical (unpaired) electrons. The standard InChI is InChI=1S/C22H23Cl2N5O3/c1-2-11-5-3-4-6-15(11)25-20(31)13-10-17(30)27-19-18(13)21(32)29-22(28-19)26-16-8-7-12(23)9-14(16)24/h3-9,13,18-19,22,26,28H,2,10H2,1H3,(H,25,31)(H,27,30)(H,29,32). The van der Waals surface area contributed by atoms with E-state index in [0.29, 0.717) is 21.4 Å². The molecule has 5 N–H and O–H groups in total. The molecule has 2 aliphatic heterocycles. The minimum Gasteiger partial charge on any atom is -0.352 e. The van der Waals surface area contributed by atoms with Crippen LogP contribution in [0.5, 0.6) is 0 Å². The number of nitrogens with one attached hydrogen (secondary N) is 5. The van der Waals surface area contributed by atoms with Crippen LogP contribution in [0.4, 0.5) is 11.4 Å². The number of benzene rings is 2. The molecule has 168 valence electrons. The fraction of sp³-hybridized carbons (Fsp3) is 0.318. The Labute approximate surface area is 195 Å². The number of hydrogen-bond donors (Lipinski definition) is 5. The summed E-state index contributed by atoms with van der Waals surface area (Å²) in [6, 6.07) is 12.4. The highest BCUT2D eigenvalue weighted by Gasteiger charge is 2.48. The number of carbonyl (C=O) groups is 3. The average Bonchev–Trinajstić information content (AvgIpc) is 2.75. The molecule has 0 spiro atoms. The van der Waals surface area contributed by atoms with Gasteiger partial charge < -0.3 is 21.3 Å². The Hall–Kier alpha value is -2.81. The molecule has 0 aromatic heterocycles. The van der Waals surface area contributed by atoms with Crippen LogP contribution < -0.4 is 26.6 Å². The van der Waals surface area contributed by atoms with Crippen molar-refractivity contribution in [2.45, 2.75) is 32.2 Å². The number of fused-ring (bicyclic) bond motifs is 1. The van der Waals surface area contributed by atoms with Crippen LogP contribution in [0, 0.1) is 11.8 Å². The summed E-state index contributed by atoms with van der Waals surface area (Å²) in [7, 11) is 0. The lowest BCUT2D eigenvalue weighted by atomic mass is 9.81. The van der Waals surface area contributed by atoms with Crippen molar-refractivity contribution in [3.63, 3.8) is 0 Å². The SMILES string of the molecule is CCc1ccccc1NC(=O)C1CC(=O)NC2NC(Nc3ccc(Cl)cc3Cl)NC(=O)C21. The molecule has 2 heterocycles. The van der Waals surface area contributed by atoms with Crippen molar-refractivity contribution >= 4 is 52.3 Å². The molecule has 4 rings (SSSR count). The molecule has 8 nitrogen and oxygen atoms in total. The Morgan fingerprint density at radius 3 is 2.62 bits per heavy atom. The van der Waals surface area contributed by atoms with E-state index < -0.39 is 24.3 Å². The normalized spacial score (nSPS) is 24.7. The van der Waals surface area contributed by atoms with Crippen molar-refractivity contribution in [3.8, 4) is 0 Å². The largest absolute Gasteiger partial charge is 0.352 e. The van der Waals surface area contributed by atoms with Gasteiger partial charge in [-0.3, -0.25) is 19.7 Å². The van der Waals surface area contributed by atoms with Gasteiger partial charge in [-0.2, -0.15) is 0 Å². The van der Waals surface area contributed by atoms with Gasteiger partial charge in [0, 0.05) is 17.1 Å². The van der Waals surface area contributed by atoms with Crippen molar-refractivity contribution in [3.05, 3.63) is 58.1 Å². The first-order valence-electron chi connectivity index (χ1n) is 10.3. The molecule has 4 unspecified atom stereocenters. The maximum Gasteiger partial charge on any atom is 0.229 e. The van der Waals surface area contributed by atoms with Gasteiger partial charge in [0.25, 0.3) is 0 Å². The molecule has 2 aromatic rings. The highest BCUT2D eigenvalue weighted by atomic mass is 35.5. The smallest absolute Gasteiger partial charge is 0.229 e. The van der Waals surface area contributed by atoms with Crippen molar-refractivity contribution in [2.75, 3.05) is 10.6 Å². The Balaban J connectivity index is 1.50. The van der Waals surface area contributed by atoms with Crippen LogP contribution in [0.15, 0.2) is 42.5 Å². The quantitative estimate of drug-likeness (QED) is 0.456. The number of rotatable bonds is 5. The van der Waals surface area contributed by atoms with E-state index >= 15 is 0 Å². The van der Waals surface area contributed by atoms with E-state index in [4.69, 9.17) is 23.2 Å². The first-order chi connectivity index (χ1) is 15.4. The van der Waals surface area contributed by atoms with Gasteiger partial charge in [0.15, 0.2) is 6.29 Å². The molecule has 4 atom stereocenters. The second-order valence-corrected chi connectivity index (χ2v) is 8.60. The Bertz CT molecular complexity index is 1060. The molecule has 2 saturated heterocycles. The van der Waals surface area contributed by atoms with Crippen molar-refractivity contribution < 1.29 is 14.4 Å². The highest BCUT2D eigenvalue weighted by molar-refractivity contribution is 6.36. The van der Waals surface area contributed by atoms with Gasteiger partial charge >= 0.3 is 0 Å². The molecule has 2 aliphatic rings. The van der Waals surface area contributed by atoms with Gasteiger partial charge in [0.1, 0.15) is 0 Å². The van der Waals surface area contributed by atoms with Gasteiger partial charge in [0.05, 0.1) is 28.7 Å². The number of carbonyl (C=O) groups excluding carboxylic acids is 3. The van der Waals surface area contributed by atoms with Crippen LogP contribution in [0.3, 0.4) is 0 Å². The maximum atomic E-state index is 13.1. The zero-order valence-corrected chi connectivity index (χ0v) is 18.8. The molecule has 2 aromatic carbocycles. The molecule has 32 heavy (non-hydrogen) atoms. The van der Waals surface area contributed by atoms with Crippen LogP contribution in [0.25, 0.3) is 0 Å².